The van der Waals surface area contributed by atoms with Gasteiger partial charge in [0, 0.05) is 6.54 Å². The molecule has 1 amide bonds. The van der Waals surface area contributed by atoms with Crippen LogP contribution in [0.2, 0.25) is 0 Å². The highest BCUT2D eigenvalue weighted by atomic mass is 32.1. The Balaban J connectivity index is 2.40. The highest BCUT2D eigenvalue weighted by Crippen LogP contribution is 1.98. The normalized spacial score (nSPS) is 12.2. The summed E-state index contributed by atoms with van der Waals surface area (Å²) in [4.78, 5) is 11.1. The molecule has 0 spiro atoms. The SMILES string of the molecule is CC(S)C(=O)NCc1ccccc1. The van der Waals surface area contributed by atoms with Gasteiger partial charge in [0.2, 0.25) is 5.91 Å². The van der Waals surface area contributed by atoms with Gasteiger partial charge < -0.3 is 5.32 Å². The Labute approximate surface area is 83.8 Å². The predicted octanol–water partition coefficient (Wildman–Crippen LogP) is 1.62. The summed E-state index contributed by atoms with van der Waals surface area (Å²) in [7, 11) is 0. The van der Waals surface area contributed by atoms with E-state index >= 15 is 0 Å². The number of carbonyl (C=O) groups excluding carboxylic acids is 1. The van der Waals surface area contributed by atoms with E-state index < -0.39 is 0 Å². The first kappa shape index (κ1) is 10.1. The van der Waals surface area contributed by atoms with Crippen LogP contribution in [0.15, 0.2) is 30.3 Å². The predicted molar refractivity (Wildman–Crippen MR) is 56.7 cm³/mol. The summed E-state index contributed by atoms with van der Waals surface area (Å²) < 4.78 is 0. The van der Waals surface area contributed by atoms with Crippen LogP contribution in [0.4, 0.5) is 0 Å². The molecule has 0 saturated heterocycles. The lowest BCUT2D eigenvalue weighted by atomic mass is 10.2. The Hall–Kier alpha value is -0.960. The first-order valence-electron chi connectivity index (χ1n) is 4.20. The molecule has 0 aromatic heterocycles. The standard InChI is InChI=1S/C10H13NOS/c1-8(13)10(12)11-7-9-5-3-2-4-6-9/h2-6,8,13H,7H2,1H3,(H,11,12). The van der Waals surface area contributed by atoms with Gasteiger partial charge in [0.15, 0.2) is 0 Å². The lowest BCUT2D eigenvalue weighted by Crippen LogP contribution is -2.29. The third-order valence-corrected chi connectivity index (χ3v) is 1.92. The second kappa shape index (κ2) is 4.92. The highest BCUT2D eigenvalue weighted by Gasteiger charge is 2.05. The van der Waals surface area contributed by atoms with Crippen LogP contribution in [0.5, 0.6) is 0 Å². The quantitative estimate of drug-likeness (QED) is 0.705. The Bertz CT molecular complexity index is 272. The number of amides is 1. The van der Waals surface area contributed by atoms with Gasteiger partial charge in [-0.05, 0) is 12.5 Å². The van der Waals surface area contributed by atoms with Crippen molar-refractivity contribution in [2.24, 2.45) is 0 Å². The second-order valence-electron chi connectivity index (χ2n) is 2.88. The number of hydrogen-bond donors (Lipinski definition) is 2. The van der Waals surface area contributed by atoms with Gasteiger partial charge >= 0.3 is 0 Å². The van der Waals surface area contributed by atoms with Gasteiger partial charge in [0.05, 0.1) is 5.25 Å². The molecule has 1 rings (SSSR count). The van der Waals surface area contributed by atoms with E-state index in [0.29, 0.717) is 6.54 Å². The fourth-order valence-corrected chi connectivity index (χ4v) is 1.02. The van der Waals surface area contributed by atoms with E-state index in [0.717, 1.165) is 5.56 Å². The maximum absolute atomic E-state index is 11.1. The molecule has 1 unspecified atom stereocenters. The second-order valence-corrected chi connectivity index (χ2v) is 3.65. The van der Waals surface area contributed by atoms with Crippen LogP contribution in [-0.4, -0.2) is 11.2 Å². The van der Waals surface area contributed by atoms with Crippen molar-refractivity contribution in [1.29, 1.82) is 0 Å². The van der Waals surface area contributed by atoms with Crippen molar-refractivity contribution in [3.8, 4) is 0 Å². The minimum absolute atomic E-state index is 0.0350. The lowest BCUT2D eigenvalue weighted by Gasteiger charge is -2.06. The third-order valence-electron chi connectivity index (χ3n) is 1.69. The average molecular weight is 195 g/mol. The molecule has 1 aromatic carbocycles. The lowest BCUT2D eigenvalue weighted by molar-refractivity contribution is -0.120. The molecule has 13 heavy (non-hydrogen) atoms. The van der Waals surface area contributed by atoms with E-state index in [9.17, 15) is 4.79 Å². The van der Waals surface area contributed by atoms with Gasteiger partial charge in [-0.3, -0.25) is 4.79 Å². The molecule has 70 valence electrons. The van der Waals surface area contributed by atoms with Crippen molar-refractivity contribution < 1.29 is 4.79 Å². The van der Waals surface area contributed by atoms with Gasteiger partial charge in [0.25, 0.3) is 0 Å². The Morgan fingerprint density at radius 2 is 2.08 bits per heavy atom. The van der Waals surface area contributed by atoms with Gasteiger partial charge in [-0.1, -0.05) is 30.3 Å². The van der Waals surface area contributed by atoms with Crippen molar-refractivity contribution in [2.75, 3.05) is 0 Å². The van der Waals surface area contributed by atoms with Gasteiger partial charge in [-0.25, -0.2) is 0 Å². The van der Waals surface area contributed by atoms with E-state index in [1.807, 2.05) is 30.3 Å². The summed E-state index contributed by atoms with van der Waals surface area (Å²) in [5.74, 6) is -0.0350. The van der Waals surface area contributed by atoms with Crippen LogP contribution < -0.4 is 5.32 Å². The summed E-state index contributed by atoms with van der Waals surface area (Å²) in [5, 5.41) is 2.54. The molecular weight excluding hydrogens is 182 g/mol. The maximum Gasteiger partial charge on any atom is 0.232 e. The summed E-state index contributed by atoms with van der Waals surface area (Å²) in [6, 6.07) is 9.80. The summed E-state index contributed by atoms with van der Waals surface area (Å²) in [6.07, 6.45) is 0. The average Bonchev–Trinajstić information content (AvgIpc) is 2.15. The topological polar surface area (TPSA) is 29.1 Å². The van der Waals surface area contributed by atoms with Crippen LogP contribution in [0.25, 0.3) is 0 Å². The van der Waals surface area contributed by atoms with Gasteiger partial charge in [0.1, 0.15) is 0 Å². The largest absolute Gasteiger partial charge is 0.351 e. The fraction of sp³-hybridized carbons (Fsp3) is 0.300. The van der Waals surface area contributed by atoms with Crippen molar-refractivity contribution in [3.05, 3.63) is 35.9 Å². The molecule has 3 heteroatoms. The molecule has 0 saturated carbocycles. The van der Waals surface area contributed by atoms with E-state index in [2.05, 4.69) is 17.9 Å². The Kier molecular flexibility index (Phi) is 3.83. The first-order chi connectivity index (χ1) is 6.20. The van der Waals surface area contributed by atoms with Crippen molar-refractivity contribution in [2.45, 2.75) is 18.7 Å². The molecule has 2 nitrogen and oxygen atoms in total. The Morgan fingerprint density at radius 3 is 2.62 bits per heavy atom. The third kappa shape index (κ3) is 3.51. The summed E-state index contributed by atoms with van der Waals surface area (Å²) >= 11 is 4.03. The molecule has 1 N–H and O–H groups in total. The fourth-order valence-electron chi connectivity index (χ4n) is 0.933. The number of carbonyl (C=O) groups is 1. The zero-order valence-corrected chi connectivity index (χ0v) is 8.42. The van der Waals surface area contributed by atoms with E-state index in [4.69, 9.17) is 0 Å². The summed E-state index contributed by atoms with van der Waals surface area (Å²) in [6.45, 7) is 2.33. The number of thiol groups is 1. The van der Waals surface area contributed by atoms with Crippen molar-refractivity contribution >= 4 is 18.5 Å². The van der Waals surface area contributed by atoms with Crippen molar-refractivity contribution in [3.63, 3.8) is 0 Å². The van der Waals surface area contributed by atoms with Crippen LogP contribution in [0.3, 0.4) is 0 Å². The molecule has 1 aromatic rings. The van der Waals surface area contributed by atoms with E-state index in [1.165, 1.54) is 0 Å². The molecule has 1 atom stereocenters. The number of nitrogens with one attached hydrogen (secondary N) is 1. The first-order valence-corrected chi connectivity index (χ1v) is 4.71. The smallest absolute Gasteiger partial charge is 0.232 e. The van der Waals surface area contributed by atoms with Crippen molar-refractivity contribution in [1.82, 2.24) is 5.32 Å². The monoisotopic (exact) mass is 195 g/mol. The van der Waals surface area contributed by atoms with E-state index in [-0.39, 0.29) is 11.2 Å². The number of rotatable bonds is 3. The van der Waals surface area contributed by atoms with Gasteiger partial charge in [-0.2, -0.15) is 12.6 Å². The highest BCUT2D eigenvalue weighted by molar-refractivity contribution is 7.81. The molecule has 0 heterocycles. The molecule has 0 aliphatic rings. The zero-order valence-electron chi connectivity index (χ0n) is 7.53. The van der Waals surface area contributed by atoms with Crippen LogP contribution >= 0.6 is 12.6 Å². The molecule has 0 aliphatic heterocycles. The minimum Gasteiger partial charge on any atom is -0.351 e. The summed E-state index contributed by atoms with van der Waals surface area (Å²) in [5.41, 5.74) is 1.10. The van der Waals surface area contributed by atoms with Crippen LogP contribution in [0, 0.1) is 0 Å². The molecule has 0 bridgehead atoms. The van der Waals surface area contributed by atoms with Crippen LogP contribution in [0.1, 0.15) is 12.5 Å². The Morgan fingerprint density at radius 1 is 1.46 bits per heavy atom. The molecular formula is C10H13NOS. The molecule has 0 radical (unpaired) electrons. The molecule has 0 aliphatic carbocycles. The van der Waals surface area contributed by atoms with Gasteiger partial charge in [-0.15, -0.1) is 0 Å². The number of benzene rings is 1. The molecule has 0 fully saturated rings. The maximum atomic E-state index is 11.1. The number of hydrogen-bond acceptors (Lipinski definition) is 2. The van der Waals surface area contributed by atoms with E-state index in [1.54, 1.807) is 6.92 Å². The minimum atomic E-state index is -0.247. The zero-order chi connectivity index (χ0) is 9.68. The van der Waals surface area contributed by atoms with Crippen LogP contribution in [-0.2, 0) is 11.3 Å².